The largest absolute Gasteiger partial charge is 0.481 e. The zero-order chi connectivity index (χ0) is 21.8. The van der Waals surface area contributed by atoms with Crippen LogP contribution >= 0.6 is 11.8 Å². The number of aryl methyl sites for hydroxylation is 1. The van der Waals surface area contributed by atoms with Gasteiger partial charge in [0.05, 0.1) is 5.56 Å². The maximum atomic E-state index is 12.9. The van der Waals surface area contributed by atoms with Gasteiger partial charge in [0.2, 0.25) is 5.91 Å². The molecule has 1 aliphatic rings. The number of rotatable bonds is 6. The standard InChI is InChI=1S/C24H21N3O3S/c1-3-12-30-18-10-8-17(9-11-18)19-13-20(28)25-22-21(19)23(29)27-24(26-22)31-14-16-6-4-15(2)5-7-16/h1,4-11,19H,12-14H2,2H3,(H2,25,26,27,28,29)/t19-/m1/s1. The van der Waals surface area contributed by atoms with Crippen molar-refractivity contribution in [3.8, 4) is 18.1 Å². The van der Waals surface area contributed by atoms with Crippen LogP contribution in [-0.2, 0) is 10.5 Å². The molecule has 4 rings (SSSR count). The number of fused-ring (bicyclic) bond motifs is 1. The van der Waals surface area contributed by atoms with Gasteiger partial charge in [0, 0.05) is 18.1 Å². The van der Waals surface area contributed by atoms with E-state index in [4.69, 9.17) is 11.2 Å². The fraction of sp³-hybridized carbons (Fsp3) is 0.208. The van der Waals surface area contributed by atoms with Crippen LogP contribution in [0.2, 0.25) is 0 Å². The lowest BCUT2D eigenvalue weighted by Crippen LogP contribution is -2.31. The second-order valence-electron chi connectivity index (χ2n) is 7.27. The molecule has 7 heteroatoms. The summed E-state index contributed by atoms with van der Waals surface area (Å²) in [7, 11) is 0. The number of amides is 1. The van der Waals surface area contributed by atoms with Crippen LogP contribution in [0, 0.1) is 19.3 Å². The number of thioether (sulfide) groups is 1. The van der Waals surface area contributed by atoms with Crippen LogP contribution in [0.1, 0.15) is 34.6 Å². The molecule has 0 radical (unpaired) electrons. The average Bonchev–Trinajstić information content (AvgIpc) is 2.77. The molecule has 0 spiro atoms. The van der Waals surface area contributed by atoms with E-state index >= 15 is 0 Å². The number of anilines is 1. The van der Waals surface area contributed by atoms with Crippen molar-refractivity contribution in [3.63, 3.8) is 0 Å². The zero-order valence-corrected chi connectivity index (χ0v) is 17.8. The van der Waals surface area contributed by atoms with E-state index in [9.17, 15) is 9.59 Å². The minimum Gasteiger partial charge on any atom is -0.481 e. The van der Waals surface area contributed by atoms with E-state index in [0.29, 0.717) is 28.0 Å². The molecule has 0 fully saturated rings. The molecule has 0 saturated carbocycles. The summed E-state index contributed by atoms with van der Waals surface area (Å²) in [4.78, 5) is 32.7. The molecule has 3 aromatic rings. The van der Waals surface area contributed by atoms with Gasteiger partial charge in [-0.3, -0.25) is 9.59 Å². The van der Waals surface area contributed by atoms with Gasteiger partial charge in [-0.05, 0) is 30.2 Å². The van der Waals surface area contributed by atoms with Crippen molar-refractivity contribution in [2.45, 2.75) is 30.2 Å². The van der Waals surface area contributed by atoms with Crippen molar-refractivity contribution in [3.05, 3.63) is 81.1 Å². The highest BCUT2D eigenvalue weighted by molar-refractivity contribution is 7.98. The third kappa shape index (κ3) is 4.81. The Morgan fingerprint density at radius 3 is 2.61 bits per heavy atom. The Hall–Kier alpha value is -3.50. The highest BCUT2D eigenvalue weighted by Gasteiger charge is 2.31. The number of aromatic nitrogens is 2. The van der Waals surface area contributed by atoms with Crippen molar-refractivity contribution in [1.29, 1.82) is 0 Å². The number of nitrogens with zero attached hydrogens (tertiary/aromatic N) is 1. The Balaban J connectivity index is 1.58. The summed E-state index contributed by atoms with van der Waals surface area (Å²) < 4.78 is 5.40. The number of aromatic amines is 1. The van der Waals surface area contributed by atoms with Crippen LogP contribution in [0.3, 0.4) is 0 Å². The molecule has 1 amide bonds. The fourth-order valence-electron chi connectivity index (χ4n) is 3.46. The van der Waals surface area contributed by atoms with Crippen LogP contribution in [0.5, 0.6) is 5.75 Å². The first-order valence-corrected chi connectivity index (χ1v) is 10.8. The van der Waals surface area contributed by atoms with Crippen LogP contribution in [-0.4, -0.2) is 22.5 Å². The summed E-state index contributed by atoms with van der Waals surface area (Å²) in [6.07, 6.45) is 5.39. The third-order valence-electron chi connectivity index (χ3n) is 5.03. The Bertz CT molecular complexity index is 1190. The Morgan fingerprint density at radius 2 is 1.90 bits per heavy atom. The number of H-pyrrole nitrogens is 1. The summed E-state index contributed by atoms with van der Waals surface area (Å²) in [6.45, 7) is 2.22. The Kier molecular flexibility index (Phi) is 6.10. The van der Waals surface area contributed by atoms with Gasteiger partial charge in [-0.1, -0.05) is 59.6 Å². The van der Waals surface area contributed by atoms with Gasteiger partial charge < -0.3 is 15.0 Å². The van der Waals surface area contributed by atoms with Crippen molar-refractivity contribution in [2.24, 2.45) is 0 Å². The van der Waals surface area contributed by atoms with E-state index in [1.165, 1.54) is 17.3 Å². The molecule has 156 valence electrons. The molecular formula is C24H21N3O3S. The Labute approximate surface area is 184 Å². The quantitative estimate of drug-likeness (QED) is 0.352. The molecule has 31 heavy (non-hydrogen) atoms. The first kappa shape index (κ1) is 20.8. The van der Waals surface area contributed by atoms with Gasteiger partial charge in [-0.25, -0.2) is 4.98 Å². The van der Waals surface area contributed by atoms with Gasteiger partial charge in [0.25, 0.3) is 5.56 Å². The van der Waals surface area contributed by atoms with Gasteiger partial charge in [-0.2, -0.15) is 0 Å². The summed E-state index contributed by atoms with van der Waals surface area (Å²) in [5.41, 5.74) is 3.39. The number of carbonyl (C=O) groups is 1. The highest BCUT2D eigenvalue weighted by atomic mass is 32.2. The van der Waals surface area contributed by atoms with E-state index in [1.807, 2.05) is 43.3 Å². The van der Waals surface area contributed by atoms with Crippen molar-refractivity contribution < 1.29 is 9.53 Å². The van der Waals surface area contributed by atoms with E-state index in [-0.39, 0.29) is 30.4 Å². The fourth-order valence-corrected chi connectivity index (χ4v) is 4.28. The number of terminal acetylenes is 1. The normalized spacial score (nSPS) is 15.0. The second-order valence-corrected chi connectivity index (χ2v) is 8.24. The SMILES string of the molecule is C#CCOc1ccc([C@H]2CC(=O)Nc3nc(SCc4ccc(C)cc4)[nH]c(=O)c32)cc1. The van der Waals surface area contributed by atoms with Gasteiger partial charge in [-0.15, -0.1) is 6.42 Å². The molecule has 2 N–H and O–H groups in total. The highest BCUT2D eigenvalue weighted by Crippen LogP contribution is 2.35. The molecule has 0 bridgehead atoms. The molecule has 2 heterocycles. The molecule has 0 aliphatic carbocycles. The number of hydrogen-bond donors (Lipinski definition) is 2. The van der Waals surface area contributed by atoms with Crippen LogP contribution < -0.4 is 15.6 Å². The van der Waals surface area contributed by atoms with Gasteiger partial charge in [0.1, 0.15) is 18.2 Å². The lowest BCUT2D eigenvalue weighted by atomic mass is 9.87. The van der Waals surface area contributed by atoms with E-state index in [0.717, 1.165) is 11.1 Å². The topological polar surface area (TPSA) is 84.1 Å². The maximum absolute atomic E-state index is 12.9. The minimum atomic E-state index is -0.377. The monoisotopic (exact) mass is 431 g/mol. The van der Waals surface area contributed by atoms with Crippen molar-refractivity contribution in [2.75, 3.05) is 11.9 Å². The van der Waals surface area contributed by atoms with Gasteiger partial charge >= 0.3 is 0 Å². The smallest absolute Gasteiger partial charge is 0.257 e. The number of benzene rings is 2. The molecular weight excluding hydrogens is 410 g/mol. The summed E-state index contributed by atoms with van der Waals surface area (Å²) >= 11 is 1.42. The molecule has 0 saturated heterocycles. The summed E-state index contributed by atoms with van der Waals surface area (Å²) in [5, 5.41) is 3.23. The Morgan fingerprint density at radius 1 is 1.16 bits per heavy atom. The zero-order valence-electron chi connectivity index (χ0n) is 17.0. The number of ether oxygens (including phenoxy) is 1. The van der Waals surface area contributed by atoms with Crippen LogP contribution in [0.4, 0.5) is 5.82 Å². The van der Waals surface area contributed by atoms with Gasteiger partial charge in [0.15, 0.2) is 5.16 Å². The van der Waals surface area contributed by atoms with Crippen LogP contribution in [0.25, 0.3) is 0 Å². The molecule has 0 unspecified atom stereocenters. The van der Waals surface area contributed by atoms with E-state index in [1.54, 1.807) is 12.1 Å². The molecule has 6 nitrogen and oxygen atoms in total. The average molecular weight is 432 g/mol. The molecule has 1 aliphatic heterocycles. The second kappa shape index (κ2) is 9.11. The van der Waals surface area contributed by atoms with E-state index < -0.39 is 0 Å². The van der Waals surface area contributed by atoms with Crippen LogP contribution in [0.15, 0.2) is 58.5 Å². The number of nitrogens with one attached hydrogen (secondary N) is 2. The maximum Gasteiger partial charge on any atom is 0.257 e. The summed E-state index contributed by atoms with van der Waals surface area (Å²) in [5.74, 6) is 3.50. The third-order valence-corrected chi connectivity index (χ3v) is 5.97. The molecule has 1 aromatic heterocycles. The predicted octanol–water partition coefficient (Wildman–Crippen LogP) is 3.86. The predicted molar refractivity (Wildman–Crippen MR) is 121 cm³/mol. The lowest BCUT2D eigenvalue weighted by molar-refractivity contribution is -0.116. The van der Waals surface area contributed by atoms with Crippen molar-refractivity contribution >= 4 is 23.5 Å². The van der Waals surface area contributed by atoms with Crippen molar-refractivity contribution in [1.82, 2.24) is 9.97 Å². The molecule has 2 aromatic carbocycles. The minimum absolute atomic E-state index is 0.169. The summed E-state index contributed by atoms with van der Waals surface area (Å²) in [6, 6.07) is 15.5. The van der Waals surface area contributed by atoms with E-state index in [2.05, 4.69) is 21.2 Å². The number of carbonyl (C=O) groups excluding carboxylic acids is 1. The first-order chi connectivity index (χ1) is 15.0. The molecule has 1 atom stereocenters. The lowest BCUT2D eigenvalue weighted by Gasteiger charge is -2.24. The first-order valence-electron chi connectivity index (χ1n) is 9.82. The number of hydrogen-bond acceptors (Lipinski definition) is 5.